The van der Waals surface area contributed by atoms with Crippen LogP contribution in [0, 0.1) is 45.3 Å². The number of rotatable bonds is 1. The largest absolute Gasteiger partial charge is 0.0990 e. The number of fused-ring (bicyclic) bond motifs is 4. The third-order valence-corrected chi connectivity index (χ3v) is 10.1. The molecule has 4 bridgehead atoms. The van der Waals surface area contributed by atoms with E-state index in [1.807, 2.05) is 0 Å². The normalized spacial score (nSPS) is 54.5. The monoisotopic (exact) mass is 298 g/mol. The van der Waals surface area contributed by atoms with Gasteiger partial charge in [0.15, 0.2) is 0 Å². The first-order valence-corrected chi connectivity index (χ1v) is 9.39. The number of hydrogen-bond donors (Lipinski definition) is 0. The van der Waals surface area contributed by atoms with Gasteiger partial charge in [0.25, 0.3) is 0 Å². The van der Waals surface area contributed by atoms with E-state index in [0.717, 1.165) is 11.8 Å². The van der Waals surface area contributed by atoms with E-state index in [2.05, 4.69) is 54.7 Å². The van der Waals surface area contributed by atoms with Gasteiger partial charge in [-0.3, -0.25) is 0 Å². The van der Waals surface area contributed by atoms with Gasteiger partial charge in [-0.05, 0) is 71.0 Å². The van der Waals surface area contributed by atoms with Crippen molar-refractivity contribution >= 4 is 0 Å². The van der Waals surface area contributed by atoms with E-state index in [4.69, 9.17) is 0 Å². The lowest BCUT2D eigenvalue weighted by Gasteiger charge is -2.40. The molecule has 4 aliphatic rings. The van der Waals surface area contributed by atoms with Crippen molar-refractivity contribution in [2.75, 3.05) is 0 Å². The van der Waals surface area contributed by atoms with Gasteiger partial charge in [-0.25, -0.2) is 0 Å². The molecule has 4 saturated carbocycles. The van der Waals surface area contributed by atoms with Gasteiger partial charge in [-0.15, -0.1) is 0 Å². The van der Waals surface area contributed by atoms with Crippen LogP contribution in [0.25, 0.3) is 0 Å². The molecular formula is C22H34. The van der Waals surface area contributed by atoms with E-state index in [9.17, 15) is 0 Å². The summed E-state index contributed by atoms with van der Waals surface area (Å²) in [6, 6.07) is 0. The highest BCUT2D eigenvalue weighted by Gasteiger charge is 2.70. The third kappa shape index (κ3) is 1.23. The summed E-state index contributed by atoms with van der Waals surface area (Å²) in [5, 5.41) is 0. The summed E-state index contributed by atoms with van der Waals surface area (Å²) in [6.45, 7) is 24.4. The van der Waals surface area contributed by atoms with Gasteiger partial charge in [-0.2, -0.15) is 0 Å². The lowest BCUT2D eigenvalue weighted by molar-refractivity contribution is 0.134. The van der Waals surface area contributed by atoms with E-state index in [1.54, 1.807) is 11.1 Å². The van der Waals surface area contributed by atoms with Gasteiger partial charge in [0.1, 0.15) is 0 Å². The zero-order valence-corrected chi connectivity index (χ0v) is 15.6. The zero-order valence-electron chi connectivity index (χ0n) is 15.6. The first-order valence-electron chi connectivity index (χ1n) is 9.39. The summed E-state index contributed by atoms with van der Waals surface area (Å²) in [4.78, 5) is 0. The van der Waals surface area contributed by atoms with Crippen LogP contribution in [0.1, 0.15) is 67.2 Å². The molecule has 0 spiro atoms. The molecule has 122 valence electrons. The molecule has 0 aliphatic heterocycles. The van der Waals surface area contributed by atoms with Crippen LogP contribution in [0.3, 0.4) is 0 Å². The fraction of sp³-hybridized carbons (Fsp3) is 0.818. The molecule has 0 radical (unpaired) electrons. The van der Waals surface area contributed by atoms with Crippen LogP contribution >= 0.6 is 0 Å². The Balaban J connectivity index is 1.80. The maximum absolute atomic E-state index is 4.68. The molecule has 4 rings (SSSR count). The Bertz CT molecular complexity index is 525. The molecule has 0 heteroatoms. The van der Waals surface area contributed by atoms with Crippen molar-refractivity contribution in [3.63, 3.8) is 0 Å². The van der Waals surface area contributed by atoms with E-state index in [-0.39, 0.29) is 0 Å². The average Bonchev–Trinajstić information content (AvgIpc) is 2.90. The Labute approximate surface area is 137 Å². The van der Waals surface area contributed by atoms with Gasteiger partial charge in [0.2, 0.25) is 0 Å². The highest BCUT2D eigenvalue weighted by Crippen LogP contribution is 2.78. The molecule has 0 heterocycles. The van der Waals surface area contributed by atoms with Gasteiger partial charge in [-0.1, -0.05) is 65.8 Å². The molecule has 0 amide bonds. The minimum absolute atomic E-state index is 0.357. The van der Waals surface area contributed by atoms with Crippen LogP contribution in [0.2, 0.25) is 0 Å². The molecule has 0 aromatic heterocycles. The SMILES string of the molecule is C=C1[C@H]([C@H]2C(=C)[C@]3(C)CC[C@H]2C3(C)C)[C@H]2CC[C@]1(C)C2(C)C. The summed E-state index contributed by atoms with van der Waals surface area (Å²) in [5.41, 5.74) is 4.70. The maximum atomic E-state index is 4.68. The predicted octanol–water partition coefficient (Wildman–Crippen LogP) is 6.24. The fourth-order valence-electron chi connectivity index (χ4n) is 7.63. The van der Waals surface area contributed by atoms with Crippen LogP contribution in [-0.2, 0) is 0 Å². The summed E-state index contributed by atoms with van der Waals surface area (Å²) in [5.74, 6) is 3.05. The second-order valence-corrected chi connectivity index (χ2v) is 10.5. The quantitative estimate of drug-likeness (QED) is 0.502. The molecule has 0 aromatic rings. The number of hydrogen-bond acceptors (Lipinski definition) is 0. The molecule has 22 heavy (non-hydrogen) atoms. The Morgan fingerprint density at radius 3 is 1.23 bits per heavy atom. The van der Waals surface area contributed by atoms with Crippen molar-refractivity contribution in [1.29, 1.82) is 0 Å². The Hall–Kier alpha value is -0.520. The second-order valence-electron chi connectivity index (χ2n) is 10.5. The highest BCUT2D eigenvalue weighted by atomic mass is 14.7. The molecule has 0 nitrogen and oxygen atoms in total. The topological polar surface area (TPSA) is 0 Å². The van der Waals surface area contributed by atoms with Crippen molar-refractivity contribution in [3.05, 3.63) is 24.3 Å². The molecule has 0 N–H and O–H groups in total. The predicted molar refractivity (Wildman–Crippen MR) is 94.5 cm³/mol. The maximum Gasteiger partial charge on any atom is -0.00619 e. The van der Waals surface area contributed by atoms with E-state index >= 15 is 0 Å². The van der Waals surface area contributed by atoms with Crippen molar-refractivity contribution in [1.82, 2.24) is 0 Å². The standard InChI is InChI=1S/C22H34/c1-13-17(15-9-11-21(13,7)19(15,3)4)18-14(2)22(8)12-10-16(18)20(22,5)6/h15-18H,1-2,9-12H2,3-8H3/t15-,16-,17+,18+,21+,22+/m1/s1. The molecule has 0 aromatic carbocycles. The van der Waals surface area contributed by atoms with E-state index in [1.165, 1.54) is 25.7 Å². The molecule has 0 unspecified atom stereocenters. The van der Waals surface area contributed by atoms with E-state index < -0.39 is 0 Å². The smallest absolute Gasteiger partial charge is 0.00619 e. The number of allylic oxidation sites excluding steroid dienone is 2. The van der Waals surface area contributed by atoms with Crippen molar-refractivity contribution in [3.8, 4) is 0 Å². The average molecular weight is 299 g/mol. The first-order chi connectivity index (χ1) is 10.00. The van der Waals surface area contributed by atoms with Crippen molar-refractivity contribution < 1.29 is 0 Å². The van der Waals surface area contributed by atoms with Crippen LogP contribution in [0.4, 0.5) is 0 Å². The minimum atomic E-state index is 0.357. The minimum Gasteiger partial charge on any atom is -0.0990 e. The summed E-state index contributed by atoms with van der Waals surface area (Å²) >= 11 is 0. The van der Waals surface area contributed by atoms with Crippen LogP contribution < -0.4 is 0 Å². The second kappa shape index (κ2) is 3.76. The summed E-state index contributed by atoms with van der Waals surface area (Å²) in [7, 11) is 0. The Morgan fingerprint density at radius 1 is 0.682 bits per heavy atom. The summed E-state index contributed by atoms with van der Waals surface area (Å²) < 4.78 is 0. The fourth-order valence-corrected chi connectivity index (χ4v) is 7.63. The van der Waals surface area contributed by atoms with Gasteiger partial charge >= 0.3 is 0 Å². The van der Waals surface area contributed by atoms with Gasteiger partial charge in [0, 0.05) is 0 Å². The Morgan fingerprint density at radius 2 is 1.00 bits per heavy atom. The molecular weight excluding hydrogens is 264 g/mol. The lowest BCUT2D eigenvalue weighted by Crippen LogP contribution is -2.31. The molecule has 4 fully saturated rings. The van der Waals surface area contributed by atoms with Crippen molar-refractivity contribution in [2.45, 2.75) is 67.2 Å². The van der Waals surface area contributed by atoms with Crippen LogP contribution in [0.5, 0.6) is 0 Å². The first kappa shape index (κ1) is 15.0. The highest BCUT2D eigenvalue weighted by molar-refractivity contribution is 5.39. The summed E-state index contributed by atoms with van der Waals surface area (Å²) in [6.07, 6.45) is 5.51. The van der Waals surface area contributed by atoms with Crippen LogP contribution in [-0.4, -0.2) is 0 Å². The van der Waals surface area contributed by atoms with Gasteiger partial charge < -0.3 is 0 Å². The van der Waals surface area contributed by atoms with Gasteiger partial charge in [0.05, 0.1) is 0 Å². The van der Waals surface area contributed by atoms with Crippen molar-refractivity contribution in [2.24, 2.45) is 45.3 Å². The van der Waals surface area contributed by atoms with E-state index in [0.29, 0.717) is 33.5 Å². The Kier molecular flexibility index (Phi) is 2.57. The lowest BCUT2D eigenvalue weighted by atomic mass is 9.65. The molecule has 6 atom stereocenters. The molecule has 4 aliphatic carbocycles. The third-order valence-electron chi connectivity index (χ3n) is 10.1. The molecule has 0 saturated heterocycles. The van der Waals surface area contributed by atoms with Crippen LogP contribution in [0.15, 0.2) is 24.3 Å². The zero-order chi connectivity index (χ0) is 16.3.